The molecular weight excluding hydrogens is 172 g/mol. The zero-order chi connectivity index (χ0) is 10.1. The number of H-pyrrole nitrogens is 1. The van der Waals surface area contributed by atoms with Gasteiger partial charge in [-0.25, -0.2) is 0 Å². The van der Waals surface area contributed by atoms with E-state index in [1.54, 1.807) is 0 Å². The molecular formula is C12H16N2. The zero-order valence-corrected chi connectivity index (χ0v) is 8.91. The summed E-state index contributed by atoms with van der Waals surface area (Å²) in [6.07, 6.45) is 0. The molecule has 0 saturated carbocycles. The Morgan fingerprint density at radius 1 is 1.21 bits per heavy atom. The first-order valence-electron chi connectivity index (χ1n) is 4.92. The van der Waals surface area contributed by atoms with Crippen LogP contribution in [-0.4, -0.2) is 24.0 Å². The number of nitrogens with zero attached hydrogens (tertiary/aromatic N) is 1. The molecule has 1 unspecified atom stereocenters. The molecule has 2 heteroatoms. The number of fused-ring (bicyclic) bond motifs is 1. The number of hydrogen-bond acceptors (Lipinski definition) is 1. The molecule has 0 radical (unpaired) electrons. The summed E-state index contributed by atoms with van der Waals surface area (Å²) in [6, 6.07) is 11.0. The molecule has 0 saturated heterocycles. The minimum Gasteiger partial charge on any atom is -0.357 e. The first kappa shape index (κ1) is 9.28. The largest absolute Gasteiger partial charge is 0.357 e. The van der Waals surface area contributed by atoms with Gasteiger partial charge in [0.15, 0.2) is 0 Å². The van der Waals surface area contributed by atoms with Crippen LogP contribution in [0, 0.1) is 0 Å². The molecule has 1 aromatic carbocycles. The molecule has 0 bridgehead atoms. The van der Waals surface area contributed by atoms with Crippen LogP contribution >= 0.6 is 0 Å². The summed E-state index contributed by atoms with van der Waals surface area (Å²) < 4.78 is 0. The molecule has 1 aromatic heterocycles. The maximum absolute atomic E-state index is 3.44. The van der Waals surface area contributed by atoms with E-state index in [0.29, 0.717) is 6.04 Å². The first-order chi connectivity index (χ1) is 6.68. The van der Waals surface area contributed by atoms with Gasteiger partial charge < -0.3 is 9.88 Å². The van der Waals surface area contributed by atoms with Crippen molar-refractivity contribution in [1.29, 1.82) is 0 Å². The Balaban J connectivity index is 2.45. The number of hydrogen-bond donors (Lipinski definition) is 1. The topological polar surface area (TPSA) is 19.0 Å². The van der Waals surface area contributed by atoms with Crippen LogP contribution in [0.1, 0.15) is 18.7 Å². The van der Waals surface area contributed by atoms with E-state index in [2.05, 4.69) is 61.2 Å². The second-order valence-electron chi connectivity index (χ2n) is 3.95. The highest BCUT2D eigenvalue weighted by Crippen LogP contribution is 2.21. The van der Waals surface area contributed by atoms with Crippen molar-refractivity contribution < 1.29 is 0 Å². The Bertz CT molecular complexity index is 396. The van der Waals surface area contributed by atoms with Crippen LogP contribution in [0.15, 0.2) is 30.3 Å². The molecule has 1 N–H and O–H groups in total. The van der Waals surface area contributed by atoms with E-state index in [9.17, 15) is 0 Å². The lowest BCUT2D eigenvalue weighted by atomic mass is 10.2. The highest BCUT2D eigenvalue weighted by atomic mass is 15.1. The molecule has 1 atom stereocenters. The normalized spacial score (nSPS) is 13.7. The number of rotatable bonds is 2. The van der Waals surface area contributed by atoms with Crippen LogP contribution in [-0.2, 0) is 0 Å². The summed E-state index contributed by atoms with van der Waals surface area (Å²) in [5.41, 5.74) is 2.49. The van der Waals surface area contributed by atoms with Gasteiger partial charge in [0.05, 0.1) is 0 Å². The average Bonchev–Trinajstić information content (AvgIpc) is 2.59. The molecule has 2 nitrogen and oxygen atoms in total. The minimum absolute atomic E-state index is 0.433. The fourth-order valence-electron chi connectivity index (χ4n) is 1.60. The lowest BCUT2D eigenvalue weighted by Gasteiger charge is -2.17. The molecule has 0 aliphatic heterocycles. The summed E-state index contributed by atoms with van der Waals surface area (Å²) >= 11 is 0. The number of aromatic amines is 1. The van der Waals surface area contributed by atoms with E-state index in [1.807, 2.05) is 0 Å². The lowest BCUT2D eigenvalue weighted by Crippen LogP contribution is -2.16. The predicted molar refractivity (Wildman–Crippen MR) is 60.4 cm³/mol. The van der Waals surface area contributed by atoms with Crippen LogP contribution in [0.2, 0.25) is 0 Å². The van der Waals surface area contributed by atoms with Gasteiger partial charge in [-0.1, -0.05) is 18.2 Å². The van der Waals surface area contributed by atoms with Crippen LogP contribution in [0.25, 0.3) is 10.9 Å². The second-order valence-corrected chi connectivity index (χ2v) is 3.95. The van der Waals surface area contributed by atoms with Gasteiger partial charge in [0, 0.05) is 17.3 Å². The molecule has 74 valence electrons. The zero-order valence-electron chi connectivity index (χ0n) is 8.91. The standard InChI is InChI=1S/C12H16N2/c1-9(14(2)3)12-8-10-6-4-5-7-11(10)13-12/h4-9,13H,1-3H3. The highest BCUT2D eigenvalue weighted by molar-refractivity contribution is 5.80. The third-order valence-corrected chi connectivity index (χ3v) is 2.78. The number of nitrogens with one attached hydrogen (secondary N) is 1. The van der Waals surface area contributed by atoms with E-state index < -0.39 is 0 Å². The monoisotopic (exact) mass is 188 g/mol. The van der Waals surface area contributed by atoms with E-state index in [-0.39, 0.29) is 0 Å². The number of para-hydroxylation sites is 1. The number of aromatic nitrogens is 1. The van der Waals surface area contributed by atoms with Crippen molar-refractivity contribution in [3.05, 3.63) is 36.0 Å². The Morgan fingerprint density at radius 3 is 2.57 bits per heavy atom. The van der Waals surface area contributed by atoms with E-state index in [4.69, 9.17) is 0 Å². The first-order valence-corrected chi connectivity index (χ1v) is 4.92. The molecule has 0 fully saturated rings. The van der Waals surface area contributed by atoms with Crippen molar-refractivity contribution in [3.63, 3.8) is 0 Å². The lowest BCUT2D eigenvalue weighted by molar-refractivity contribution is 0.316. The van der Waals surface area contributed by atoms with Crippen LogP contribution in [0.4, 0.5) is 0 Å². The van der Waals surface area contributed by atoms with Crippen LogP contribution in [0.3, 0.4) is 0 Å². The van der Waals surface area contributed by atoms with E-state index >= 15 is 0 Å². The molecule has 2 rings (SSSR count). The minimum atomic E-state index is 0.433. The average molecular weight is 188 g/mol. The Morgan fingerprint density at radius 2 is 1.93 bits per heavy atom. The SMILES string of the molecule is CC(c1cc2ccccc2[nH]1)N(C)C. The Labute approximate surface area is 84.5 Å². The van der Waals surface area contributed by atoms with Crippen molar-refractivity contribution in [1.82, 2.24) is 9.88 Å². The van der Waals surface area contributed by atoms with Crippen molar-refractivity contribution in [3.8, 4) is 0 Å². The van der Waals surface area contributed by atoms with Gasteiger partial charge in [-0.15, -0.1) is 0 Å². The molecule has 0 amide bonds. The van der Waals surface area contributed by atoms with Gasteiger partial charge in [-0.05, 0) is 38.5 Å². The molecule has 0 aliphatic rings. The predicted octanol–water partition coefficient (Wildman–Crippen LogP) is 2.79. The molecule has 0 spiro atoms. The van der Waals surface area contributed by atoms with Crippen molar-refractivity contribution in [2.75, 3.05) is 14.1 Å². The maximum Gasteiger partial charge on any atom is 0.0464 e. The van der Waals surface area contributed by atoms with E-state index in [1.165, 1.54) is 16.6 Å². The summed E-state index contributed by atoms with van der Waals surface area (Å²) in [4.78, 5) is 5.63. The summed E-state index contributed by atoms with van der Waals surface area (Å²) in [5, 5.41) is 1.29. The van der Waals surface area contributed by atoms with Crippen LogP contribution < -0.4 is 0 Å². The molecule has 0 aliphatic carbocycles. The quantitative estimate of drug-likeness (QED) is 0.767. The van der Waals surface area contributed by atoms with Crippen molar-refractivity contribution >= 4 is 10.9 Å². The molecule has 1 heterocycles. The summed E-state index contributed by atoms with van der Waals surface area (Å²) in [7, 11) is 4.19. The van der Waals surface area contributed by atoms with Crippen molar-refractivity contribution in [2.45, 2.75) is 13.0 Å². The third kappa shape index (κ3) is 1.53. The van der Waals surface area contributed by atoms with Gasteiger partial charge in [0.1, 0.15) is 0 Å². The number of benzene rings is 1. The van der Waals surface area contributed by atoms with Gasteiger partial charge >= 0.3 is 0 Å². The highest BCUT2D eigenvalue weighted by Gasteiger charge is 2.09. The molecule has 14 heavy (non-hydrogen) atoms. The van der Waals surface area contributed by atoms with Gasteiger partial charge in [-0.2, -0.15) is 0 Å². The summed E-state index contributed by atoms with van der Waals surface area (Å²) in [6.45, 7) is 2.20. The van der Waals surface area contributed by atoms with Crippen molar-refractivity contribution in [2.24, 2.45) is 0 Å². The van der Waals surface area contributed by atoms with Gasteiger partial charge in [0.25, 0.3) is 0 Å². The summed E-state index contributed by atoms with van der Waals surface area (Å²) in [5.74, 6) is 0. The molecule has 2 aromatic rings. The Hall–Kier alpha value is -1.28. The maximum atomic E-state index is 3.44. The smallest absolute Gasteiger partial charge is 0.0464 e. The van der Waals surface area contributed by atoms with Gasteiger partial charge in [0.2, 0.25) is 0 Å². The van der Waals surface area contributed by atoms with E-state index in [0.717, 1.165) is 0 Å². The van der Waals surface area contributed by atoms with Crippen LogP contribution in [0.5, 0.6) is 0 Å². The second kappa shape index (κ2) is 3.46. The Kier molecular flexibility index (Phi) is 2.30. The fourth-order valence-corrected chi connectivity index (χ4v) is 1.60. The fraction of sp³-hybridized carbons (Fsp3) is 0.333. The third-order valence-electron chi connectivity index (χ3n) is 2.78. The van der Waals surface area contributed by atoms with Gasteiger partial charge in [-0.3, -0.25) is 0 Å².